The molecule has 1 atom stereocenters. The van der Waals surface area contributed by atoms with E-state index in [0.29, 0.717) is 40.6 Å². The van der Waals surface area contributed by atoms with Crippen LogP contribution in [0.5, 0.6) is 5.75 Å². The molecule has 2 amide bonds. The van der Waals surface area contributed by atoms with E-state index in [2.05, 4.69) is 16.0 Å². The van der Waals surface area contributed by atoms with Gasteiger partial charge in [-0.3, -0.25) is 0 Å². The summed E-state index contributed by atoms with van der Waals surface area (Å²) in [5, 5.41) is 9.13. The third kappa shape index (κ3) is 8.10. The van der Waals surface area contributed by atoms with E-state index in [1.807, 2.05) is 30.3 Å². The lowest BCUT2D eigenvalue weighted by atomic mass is 9.86. The zero-order chi connectivity index (χ0) is 31.4. The first-order valence-electron chi connectivity index (χ1n) is 14.2. The highest BCUT2D eigenvalue weighted by atomic mass is 35.5. The summed E-state index contributed by atoms with van der Waals surface area (Å²) >= 11 is 6.78. The molecule has 1 aliphatic heterocycles. The van der Waals surface area contributed by atoms with Crippen molar-refractivity contribution >= 4 is 29.5 Å². The molecule has 1 heterocycles. The largest absolute Gasteiger partial charge is 0.480 e. The number of hydrogen-bond acceptors (Lipinski definition) is 6. The Kier molecular flexibility index (Phi) is 9.44. The maximum atomic E-state index is 15.6. The zero-order valence-corrected chi connectivity index (χ0v) is 26.2. The number of benzene rings is 3. The summed E-state index contributed by atoms with van der Waals surface area (Å²) in [5.41, 5.74) is 0.565. The van der Waals surface area contributed by atoms with Crippen LogP contribution in [0.2, 0.25) is 5.02 Å². The predicted molar refractivity (Wildman–Crippen MR) is 166 cm³/mol. The predicted octanol–water partition coefficient (Wildman–Crippen LogP) is 7.44. The second kappa shape index (κ2) is 12.7. The van der Waals surface area contributed by atoms with Crippen LogP contribution in [0.25, 0.3) is 11.1 Å². The minimum Gasteiger partial charge on any atom is -0.480 e. The maximum absolute atomic E-state index is 15.6. The quantitative estimate of drug-likeness (QED) is 0.229. The monoisotopic (exact) mass is 611 g/mol. The number of hydrogen-bond donors (Lipinski definition) is 3. The van der Waals surface area contributed by atoms with Crippen molar-refractivity contribution in [3.8, 4) is 16.9 Å². The summed E-state index contributed by atoms with van der Waals surface area (Å²) in [6.07, 6.45) is -0.792. The number of carbonyl (C=O) groups excluding carboxylic acids is 2. The molecular weight excluding hydrogens is 573 g/mol. The fourth-order valence-electron chi connectivity index (χ4n) is 4.91. The number of amides is 2. The van der Waals surface area contributed by atoms with Crippen molar-refractivity contribution in [2.45, 2.75) is 64.8 Å². The molecule has 0 unspecified atom stereocenters. The van der Waals surface area contributed by atoms with Crippen LogP contribution < -0.4 is 20.7 Å². The van der Waals surface area contributed by atoms with E-state index in [4.69, 9.17) is 25.8 Å². The smallest absolute Gasteiger partial charge is 0.407 e. The van der Waals surface area contributed by atoms with Gasteiger partial charge >= 0.3 is 12.2 Å². The van der Waals surface area contributed by atoms with Crippen LogP contribution in [0.1, 0.15) is 52.7 Å². The normalized spacial score (nSPS) is 16.1. The molecule has 3 aromatic rings. The highest BCUT2D eigenvalue weighted by molar-refractivity contribution is 6.33. The number of rotatable bonds is 8. The highest BCUT2D eigenvalue weighted by Crippen LogP contribution is 2.49. The molecule has 0 bridgehead atoms. The molecule has 230 valence electrons. The van der Waals surface area contributed by atoms with Gasteiger partial charge in [-0.05, 0) is 71.4 Å². The standard InChI is InChI=1S/C33H39ClFN3O5/c1-31(2,3)42-29(39)37-18-17-36-25-14-10-13-24(35)28(25)27-22-19-33(21-11-8-7-9-12-21,41-26(22)16-15-23(27)34)20-38-30(40)43-32(4,5)6/h7-16,36H,17-20H2,1-6H3,(H,37,39)(H,38,40)/t33-/m1/s1. The molecule has 3 aromatic carbocycles. The average Bonchev–Trinajstić information content (AvgIpc) is 3.29. The van der Waals surface area contributed by atoms with Gasteiger partial charge in [-0.15, -0.1) is 0 Å². The maximum Gasteiger partial charge on any atom is 0.407 e. The fraction of sp³-hybridized carbons (Fsp3) is 0.394. The number of halogens is 2. The third-order valence-corrected chi connectivity index (χ3v) is 6.89. The van der Waals surface area contributed by atoms with Gasteiger partial charge in [0.15, 0.2) is 5.60 Å². The zero-order valence-electron chi connectivity index (χ0n) is 25.4. The molecule has 0 saturated carbocycles. The Morgan fingerprint density at radius 2 is 1.51 bits per heavy atom. The van der Waals surface area contributed by atoms with Crippen LogP contribution in [-0.2, 0) is 21.5 Å². The van der Waals surface area contributed by atoms with Crippen LogP contribution in [-0.4, -0.2) is 43.0 Å². The van der Waals surface area contributed by atoms with Gasteiger partial charge in [-0.1, -0.05) is 48.0 Å². The Hall–Kier alpha value is -3.98. The summed E-state index contributed by atoms with van der Waals surface area (Å²) in [7, 11) is 0. The number of anilines is 1. The lowest BCUT2D eigenvalue weighted by Gasteiger charge is -2.30. The molecule has 10 heteroatoms. The minimum atomic E-state index is -0.990. The summed E-state index contributed by atoms with van der Waals surface area (Å²) in [6.45, 7) is 11.4. The molecule has 0 spiro atoms. The topological polar surface area (TPSA) is 97.9 Å². The molecule has 3 N–H and O–H groups in total. The van der Waals surface area contributed by atoms with Crippen LogP contribution in [0, 0.1) is 5.82 Å². The minimum absolute atomic E-state index is 0.108. The van der Waals surface area contributed by atoms with E-state index in [9.17, 15) is 9.59 Å². The van der Waals surface area contributed by atoms with Crippen molar-refractivity contribution in [1.82, 2.24) is 10.6 Å². The summed E-state index contributed by atoms with van der Waals surface area (Å²) < 4.78 is 33.0. The molecule has 8 nitrogen and oxygen atoms in total. The number of ether oxygens (including phenoxy) is 3. The van der Waals surface area contributed by atoms with Gasteiger partial charge in [0, 0.05) is 46.9 Å². The highest BCUT2D eigenvalue weighted by Gasteiger charge is 2.43. The van der Waals surface area contributed by atoms with E-state index >= 15 is 4.39 Å². The van der Waals surface area contributed by atoms with E-state index in [1.165, 1.54) is 6.07 Å². The average molecular weight is 612 g/mol. The van der Waals surface area contributed by atoms with E-state index in [-0.39, 0.29) is 18.7 Å². The molecule has 0 saturated heterocycles. The van der Waals surface area contributed by atoms with Gasteiger partial charge in [0.2, 0.25) is 0 Å². The molecule has 0 aliphatic carbocycles. The van der Waals surface area contributed by atoms with Crippen LogP contribution in [0.3, 0.4) is 0 Å². The second-order valence-corrected chi connectivity index (χ2v) is 12.8. The Morgan fingerprint density at radius 1 is 0.860 bits per heavy atom. The fourth-order valence-corrected chi connectivity index (χ4v) is 5.18. The van der Waals surface area contributed by atoms with Crippen LogP contribution in [0.15, 0.2) is 60.7 Å². The lowest BCUT2D eigenvalue weighted by molar-refractivity contribution is 0.0414. The van der Waals surface area contributed by atoms with Gasteiger partial charge in [-0.2, -0.15) is 0 Å². The van der Waals surface area contributed by atoms with Crippen LogP contribution in [0.4, 0.5) is 19.7 Å². The van der Waals surface area contributed by atoms with Crippen LogP contribution >= 0.6 is 11.6 Å². The molecule has 0 radical (unpaired) electrons. The Morgan fingerprint density at radius 3 is 2.16 bits per heavy atom. The number of fused-ring (bicyclic) bond motifs is 1. The first kappa shape index (κ1) is 31.9. The van der Waals surface area contributed by atoms with E-state index in [0.717, 1.165) is 5.56 Å². The van der Waals surface area contributed by atoms with Gasteiger partial charge in [0.1, 0.15) is 22.8 Å². The number of nitrogens with one attached hydrogen (secondary N) is 3. The van der Waals surface area contributed by atoms with Crippen molar-refractivity contribution < 1.29 is 28.2 Å². The first-order valence-corrected chi connectivity index (χ1v) is 14.6. The Labute approximate surface area is 257 Å². The van der Waals surface area contributed by atoms with Crippen molar-refractivity contribution in [2.75, 3.05) is 25.0 Å². The number of alkyl carbamates (subject to hydrolysis) is 2. The SMILES string of the molecule is CC(C)(C)OC(=O)NCCNc1cccc(F)c1-c1c(Cl)ccc2c1C[C@@](CNC(=O)OC(C)(C)C)(c1ccccc1)O2. The Bertz CT molecular complexity index is 1470. The Balaban J connectivity index is 1.64. The summed E-state index contributed by atoms with van der Waals surface area (Å²) in [4.78, 5) is 24.7. The third-order valence-electron chi connectivity index (χ3n) is 6.58. The summed E-state index contributed by atoms with van der Waals surface area (Å²) in [6, 6.07) is 17.7. The van der Waals surface area contributed by atoms with E-state index < -0.39 is 34.8 Å². The summed E-state index contributed by atoms with van der Waals surface area (Å²) in [5.74, 6) is 0.0690. The molecule has 0 aromatic heterocycles. The molecule has 43 heavy (non-hydrogen) atoms. The first-order chi connectivity index (χ1) is 20.2. The van der Waals surface area contributed by atoms with Crippen molar-refractivity contribution in [3.63, 3.8) is 0 Å². The van der Waals surface area contributed by atoms with Gasteiger partial charge in [-0.25, -0.2) is 14.0 Å². The lowest BCUT2D eigenvalue weighted by Crippen LogP contribution is -2.45. The van der Waals surface area contributed by atoms with Gasteiger partial charge in [0.25, 0.3) is 0 Å². The molecule has 4 rings (SSSR count). The van der Waals surface area contributed by atoms with Crippen molar-refractivity contribution in [2.24, 2.45) is 0 Å². The van der Waals surface area contributed by atoms with Crippen molar-refractivity contribution in [3.05, 3.63) is 82.6 Å². The van der Waals surface area contributed by atoms with E-state index in [1.54, 1.807) is 65.8 Å². The van der Waals surface area contributed by atoms with Gasteiger partial charge < -0.3 is 30.2 Å². The number of carbonyl (C=O) groups is 2. The van der Waals surface area contributed by atoms with Crippen molar-refractivity contribution in [1.29, 1.82) is 0 Å². The second-order valence-electron chi connectivity index (χ2n) is 12.4. The molecule has 1 aliphatic rings. The van der Waals surface area contributed by atoms with Gasteiger partial charge in [0.05, 0.1) is 6.54 Å². The molecule has 0 fully saturated rings. The molecular formula is C33H39ClFN3O5.